The fourth-order valence-electron chi connectivity index (χ4n) is 2.77. The lowest BCUT2D eigenvalue weighted by atomic mass is 10.0. The highest BCUT2D eigenvalue weighted by atomic mass is 16.5. The molecule has 8 nitrogen and oxygen atoms in total. The molecule has 1 aliphatic heterocycles. The SMILES string of the molecule is CCCn1cnnc1CN(C)c1cc([C@@H]2CCOC2)nc(N)n1. The van der Waals surface area contributed by atoms with Crippen LogP contribution in [0.4, 0.5) is 11.8 Å². The fourth-order valence-corrected chi connectivity index (χ4v) is 2.77. The van der Waals surface area contributed by atoms with E-state index in [1.165, 1.54) is 0 Å². The van der Waals surface area contributed by atoms with Crippen molar-refractivity contribution in [2.75, 3.05) is 30.9 Å². The summed E-state index contributed by atoms with van der Waals surface area (Å²) < 4.78 is 7.51. The van der Waals surface area contributed by atoms with Gasteiger partial charge >= 0.3 is 0 Å². The first-order valence-electron chi connectivity index (χ1n) is 7.97. The van der Waals surface area contributed by atoms with Crippen molar-refractivity contribution in [1.82, 2.24) is 24.7 Å². The third-order valence-corrected chi connectivity index (χ3v) is 4.03. The van der Waals surface area contributed by atoms with Crippen LogP contribution in [0.2, 0.25) is 0 Å². The summed E-state index contributed by atoms with van der Waals surface area (Å²) in [5.74, 6) is 2.31. The zero-order chi connectivity index (χ0) is 16.2. The quantitative estimate of drug-likeness (QED) is 0.855. The molecule has 1 fully saturated rings. The Labute approximate surface area is 135 Å². The highest BCUT2D eigenvalue weighted by molar-refractivity contribution is 5.43. The minimum atomic E-state index is 0.297. The second-order valence-corrected chi connectivity index (χ2v) is 5.87. The van der Waals surface area contributed by atoms with Gasteiger partial charge in [-0.05, 0) is 12.8 Å². The van der Waals surface area contributed by atoms with Crippen molar-refractivity contribution in [2.45, 2.75) is 38.8 Å². The number of nitrogens with two attached hydrogens (primary N) is 1. The first-order valence-corrected chi connectivity index (χ1v) is 7.97. The number of rotatable bonds is 6. The van der Waals surface area contributed by atoms with Gasteiger partial charge in [-0.3, -0.25) is 0 Å². The first-order chi connectivity index (χ1) is 11.2. The lowest BCUT2D eigenvalue weighted by molar-refractivity contribution is 0.193. The van der Waals surface area contributed by atoms with Crippen LogP contribution in [0.15, 0.2) is 12.4 Å². The molecule has 0 saturated carbocycles. The van der Waals surface area contributed by atoms with Gasteiger partial charge in [-0.15, -0.1) is 10.2 Å². The topological polar surface area (TPSA) is 95.0 Å². The van der Waals surface area contributed by atoms with Crippen LogP contribution in [0.25, 0.3) is 0 Å². The molecule has 2 aromatic rings. The Morgan fingerprint density at radius 1 is 1.43 bits per heavy atom. The van der Waals surface area contributed by atoms with Gasteiger partial charge in [0.05, 0.1) is 18.8 Å². The zero-order valence-electron chi connectivity index (χ0n) is 13.6. The van der Waals surface area contributed by atoms with Gasteiger partial charge in [0.15, 0.2) is 5.82 Å². The molecule has 1 aliphatic rings. The fraction of sp³-hybridized carbons (Fsp3) is 0.600. The number of aryl methyl sites for hydroxylation is 1. The van der Waals surface area contributed by atoms with Gasteiger partial charge in [0, 0.05) is 32.2 Å². The van der Waals surface area contributed by atoms with Crippen molar-refractivity contribution in [3.8, 4) is 0 Å². The van der Waals surface area contributed by atoms with E-state index in [2.05, 4.69) is 31.7 Å². The monoisotopic (exact) mass is 317 g/mol. The predicted molar refractivity (Wildman–Crippen MR) is 87.0 cm³/mol. The molecule has 2 aromatic heterocycles. The molecule has 0 aliphatic carbocycles. The molecule has 2 N–H and O–H groups in total. The summed E-state index contributed by atoms with van der Waals surface area (Å²) in [5, 5.41) is 8.20. The normalized spacial score (nSPS) is 17.6. The van der Waals surface area contributed by atoms with E-state index in [0.717, 1.165) is 43.3 Å². The van der Waals surface area contributed by atoms with E-state index in [0.29, 0.717) is 25.0 Å². The molecule has 0 amide bonds. The van der Waals surface area contributed by atoms with Gasteiger partial charge < -0.3 is 19.9 Å². The molecule has 0 bridgehead atoms. The average Bonchev–Trinajstić information content (AvgIpc) is 3.19. The van der Waals surface area contributed by atoms with Crippen LogP contribution < -0.4 is 10.6 Å². The number of aromatic nitrogens is 5. The van der Waals surface area contributed by atoms with Crippen molar-refractivity contribution in [3.05, 3.63) is 23.9 Å². The van der Waals surface area contributed by atoms with E-state index in [1.807, 2.05) is 18.0 Å². The van der Waals surface area contributed by atoms with Crippen molar-refractivity contribution >= 4 is 11.8 Å². The summed E-state index contributed by atoms with van der Waals surface area (Å²) in [7, 11) is 1.97. The van der Waals surface area contributed by atoms with E-state index in [4.69, 9.17) is 10.5 Å². The maximum Gasteiger partial charge on any atom is 0.222 e. The first kappa shape index (κ1) is 15.7. The number of ether oxygens (including phenoxy) is 1. The summed E-state index contributed by atoms with van der Waals surface area (Å²) in [5.41, 5.74) is 6.84. The molecular formula is C15H23N7O. The van der Waals surface area contributed by atoms with Crippen molar-refractivity contribution in [2.24, 2.45) is 0 Å². The second-order valence-electron chi connectivity index (χ2n) is 5.87. The molecule has 1 atom stereocenters. The van der Waals surface area contributed by atoms with Crippen LogP contribution in [-0.2, 0) is 17.8 Å². The molecule has 8 heteroatoms. The molecular weight excluding hydrogens is 294 g/mol. The van der Waals surface area contributed by atoms with E-state index in [9.17, 15) is 0 Å². The van der Waals surface area contributed by atoms with Crippen LogP contribution in [0.5, 0.6) is 0 Å². The van der Waals surface area contributed by atoms with Gasteiger partial charge in [-0.25, -0.2) is 4.98 Å². The average molecular weight is 317 g/mol. The molecule has 23 heavy (non-hydrogen) atoms. The Hall–Kier alpha value is -2.22. The van der Waals surface area contributed by atoms with Crippen LogP contribution in [0, 0.1) is 0 Å². The Balaban J connectivity index is 1.78. The van der Waals surface area contributed by atoms with Crippen LogP contribution in [0.1, 0.15) is 37.2 Å². The molecule has 3 heterocycles. The highest BCUT2D eigenvalue weighted by Crippen LogP contribution is 2.26. The zero-order valence-corrected chi connectivity index (χ0v) is 13.6. The van der Waals surface area contributed by atoms with Gasteiger partial charge in [0.25, 0.3) is 0 Å². The van der Waals surface area contributed by atoms with Crippen molar-refractivity contribution in [1.29, 1.82) is 0 Å². The van der Waals surface area contributed by atoms with Gasteiger partial charge in [0.2, 0.25) is 5.95 Å². The third kappa shape index (κ3) is 3.58. The van der Waals surface area contributed by atoms with Crippen LogP contribution in [-0.4, -0.2) is 45.0 Å². The molecule has 124 valence electrons. The lowest BCUT2D eigenvalue weighted by Gasteiger charge is -2.19. The maximum absolute atomic E-state index is 5.89. The number of hydrogen-bond acceptors (Lipinski definition) is 7. The van der Waals surface area contributed by atoms with Crippen LogP contribution >= 0.6 is 0 Å². The van der Waals surface area contributed by atoms with Crippen molar-refractivity contribution in [3.63, 3.8) is 0 Å². The van der Waals surface area contributed by atoms with E-state index < -0.39 is 0 Å². The van der Waals surface area contributed by atoms with E-state index in [1.54, 1.807) is 6.33 Å². The number of nitrogens with zero attached hydrogens (tertiary/aromatic N) is 6. The van der Waals surface area contributed by atoms with Gasteiger partial charge in [0.1, 0.15) is 12.1 Å². The summed E-state index contributed by atoms with van der Waals surface area (Å²) >= 11 is 0. The maximum atomic E-state index is 5.89. The molecule has 0 unspecified atom stereocenters. The summed E-state index contributed by atoms with van der Waals surface area (Å²) in [6, 6.07) is 2.00. The number of nitrogen functional groups attached to an aromatic ring is 1. The highest BCUT2D eigenvalue weighted by Gasteiger charge is 2.21. The minimum Gasteiger partial charge on any atom is -0.381 e. The van der Waals surface area contributed by atoms with Gasteiger partial charge in [-0.1, -0.05) is 6.92 Å². The molecule has 1 saturated heterocycles. The number of anilines is 2. The molecule has 3 rings (SSSR count). The van der Waals surface area contributed by atoms with Crippen molar-refractivity contribution < 1.29 is 4.74 Å². The Morgan fingerprint density at radius 3 is 3.04 bits per heavy atom. The standard InChI is InChI=1S/C15H23N7O/c1-3-5-22-10-17-20-14(22)8-21(2)13-7-12(18-15(16)19-13)11-4-6-23-9-11/h7,10-11H,3-6,8-9H2,1-2H3,(H2,16,18,19)/t11-/m1/s1. The van der Waals surface area contributed by atoms with E-state index in [-0.39, 0.29) is 0 Å². The Kier molecular flexibility index (Phi) is 4.71. The van der Waals surface area contributed by atoms with E-state index >= 15 is 0 Å². The van der Waals surface area contributed by atoms with Crippen LogP contribution in [0.3, 0.4) is 0 Å². The summed E-state index contributed by atoms with van der Waals surface area (Å²) in [6.07, 6.45) is 3.79. The molecule has 0 aromatic carbocycles. The number of hydrogen-bond donors (Lipinski definition) is 1. The lowest BCUT2D eigenvalue weighted by Crippen LogP contribution is -2.22. The smallest absolute Gasteiger partial charge is 0.222 e. The molecule has 0 spiro atoms. The minimum absolute atomic E-state index is 0.297. The molecule has 0 radical (unpaired) electrons. The Morgan fingerprint density at radius 2 is 2.30 bits per heavy atom. The summed E-state index contributed by atoms with van der Waals surface area (Å²) in [4.78, 5) is 10.7. The largest absolute Gasteiger partial charge is 0.381 e. The summed E-state index contributed by atoms with van der Waals surface area (Å²) in [6.45, 7) is 5.14. The third-order valence-electron chi connectivity index (χ3n) is 4.03. The van der Waals surface area contributed by atoms with Gasteiger partial charge in [-0.2, -0.15) is 4.98 Å². The predicted octanol–water partition coefficient (Wildman–Crippen LogP) is 1.20. The Bertz CT molecular complexity index is 651. The second kappa shape index (κ2) is 6.91.